The summed E-state index contributed by atoms with van der Waals surface area (Å²) in [6.45, 7) is 6.66. The van der Waals surface area contributed by atoms with Gasteiger partial charge in [-0.2, -0.15) is 0 Å². The highest BCUT2D eigenvalue weighted by molar-refractivity contribution is 5.65. The zero-order valence-electron chi connectivity index (χ0n) is 27.8. The number of phenols is 2. The molecule has 0 spiro atoms. The van der Waals surface area contributed by atoms with Gasteiger partial charge in [0.05, 0.1) is 21.3 Å². The maximum Gasteiger partial charge on any atom is 0.281 e. The van der Waals surface area contributed by atoms with Crippen LogP contribution in [0, 0.1) is 11.8 Å². The summed E-state index contributed by atoms with van der Waals surface area (Å²) < 4.78 is 38.1. The Morgan fingerprint density at radius 3 is 2.32 bits per heavy atom. The van der Waals surface area contributed by atoms with Crippen LogP contribution in [0.1, 0.15) is 79.0 Å². The molecule has 246 valence electrons. The minimum atomic E-state index is -1.18. The predicted molar refractivity (Wildman–Crippen MR) is 178 cm³/mol. The summed E-state index contributed by atoms with van der Waals surface area (Å²) in [5.74, 6) is 2.78. The number of phenolic OH excluding ortho intramolecular Hbond substituents is 2. The van der Waals surface area contributed by atoms with E-state index in [0.717, 1.165) is 52.2 Å². The SMILES string of the molecule is COc1ccc(C23Oc4ccc(CCC(C)C)cc4C(c4c(cc(OC)c5c4OC(c4ccc(O)c(O)c4)CC5)O2)C3C)cc1OC. The van der Waals surface area contributed by atoms with Crippen LogP contribution >= 0.6 is 0 Å². The van der Waals surface area contributed by atoms with Crippen LogP contribution in [0.5, 0.6) is 46.0 Å². The monoisotopic (exact) mass is 638 g/mol. The number of hydrogen-bond acceptors (Lipinski definition) is 8. The summed E-state index contributed by atoms with van der Waals surface area (Å²) in [4.78, 5) is 0. The van der Waals surface area contributed by atoms with Crippen molar-refractivity contribution in [3.63, 3.8) is 0 Å². The fourth-order valence-electron chi connectivity index (χ4n) is 7.46. The molecule has 0 amide bonds. The van der Waals surface area contributed by atoms with Gasteiger partial charge in [0, 0.05) is 40.2 Å². The van der Waals surface area contributed by atoms with Gasteiger partial charge in [0.25, 0.3) is 5.79 Å². The van der Waals surface area contributed by atoms with Crippen LogP contribution in [0.15, 0.2) is 60.7 Å². The molecule has 0 saturated heterocycles. The molecule has 4 aromatic rings. The zero-order valence-corrected chi connectivity index (χ0v) is 27.8. The molecular weight excluding hydrogens is 596 g/mol. The third-order valence-electron chi connectivity index (χ3n) is 9.99. The average molecular weight is 639 g/mol. The molecule has 3 heterocycles. The molecule has 8 nitrogen and oxygen atoms in total. The van der Waals surface area contributed by atoms with Crippen LogP contribution in [-0.4, -0.2) is 31.5 Å². The van der Waals surface area contributed by atoms with Crippen molar-refractivity contribution in [3.8, 4) is 46.0 Å². The Morgan fingerprint density at radius 1 is 0.830 bits per heavy atom. The van der Waals surface area contributed by atoms with Gasteiger partial charge in [0.1, 0.15) is 29.1 Å². The number of benzene rings is 4. The summed E-state index contributed by atoms with van der Waals surface area (Å²) in [6, 6.07) is 19.1. The van der Waals surface area contributed by atoms with E-state index < -0.39 is 5.79 Å². The van der Waals surface area contributed by atoms with E-state index in [0.29, 0.717) is 41.8 Å². The van der Waals surface area contributed by atoms with E-state index in [-0.39, 0.29) is 29.4 Å². The first-order valence-electron chi connectivity index (χ1n) is 16.3. The van der Waals surface area contributed by atoms with E-state index in [2.05, 4.69) is 39.0 Å². The Labute approximate surface area is 275 Å². The molecule has 2 N–H and O–H groups in total. The maximum atomic E-state index is 10.3. The van der Waals surface area contributed by atoms with Crippen molar-refractivity contribution < 1.29 is 38.6 Å². The molecule has 0 saturated carbocycles. The van der Waals surface area contributed by atoms with E-state index in [9.17, 15) is 10.2 Å². The number of aryl methyl sites for hydroxylation is 1. The minimum absolute atomic E-state index is 0.138. The van der Waals surface area contributed by atoms with Gasteiger partial charge in [-0.25, -0.2) is 0 Å². The molecule has 0 aromatic heterocycles. The topological polar surface area (TPSA) is 95.8 Å². The molecule has 0 radical (unpaired) electrons. The lowest BCUT2D eigenvalue weighted by Crippen LogP contribution is -2.53. The Kier molecular flexibility index (Phi) is 7.77. The molecule has 47 heavy (non-hydrogen) atoms. The number of methoxy groups -OCH3 is 3. The standard InChI is InChI=1S/C39H42O8/c1-21(2)7-8-23-9-14-31-27(17-23)36-22(3)39(46-31,25-11-15-32(42-4)34(19-25)44-6)47-35-20-33(43-5)26-12-16-30(45-38(26)37(35)36)24-10-13-28(40)29(41)18-24/h9-11,13-15,17-22,30,36,40-41H,7-8,12,16H2,1-6H3. The van der Waals surface area contributed by atoms with Crippen molar-refractivity contribution in [3.05, 3.63) is 94.0 Å². The van der Waals surface area contributed by atoms with Gasteiger partial charge >= 0.3 is 0 Å². The first kappa shape index (κ1) is 30.9. The Hall–Kier alpha value is -4.72. The van der Waals surface area contributed by atoms with Gasteiger partial charge in [0.2, 0.25) is 0 Å². The van der Waals surface area contributed by atoms with E-state index >= 15 is 0 Å². The molecule has 3 aliphatic heterocycles. The van der Waals surface area contributed by atoms with E-state index in [1.54, 1.807) is 33.5 Å². The Bertz CT molecular complexity index is 1830. The number of fused-ring (bicyclic) bond motifs is 8. The molecule has 2 bridgehead atoms. The second kappa shape index (κ2) is 11.8. The van der Waals surface area contributed by atoms with Crippen molar-refractivity contribution in [1.82, 2.24) is 0 Å². The van der Waals surface area contributed by atoms with Crippen LogP contribution in [0.25, 0.3) is 0 Å². The lowest BCUT2D eigenvalue weighted by molar-refractivity contribution is -0.185. The summed E-state index contributed by atoms with van der Waals surface area (Å²) >= 11 is 0. The molecule has 4 atom stereocenters. The summed E-state index contributed by atoms with van der Waals surface area (Å²) in [5.41, 5.74) is 5.91. The van der Waals surface area contributed by atoms with Crippen LogP contribution < -0.4 is 28.4 Å². The fourth-order valence-corrected chi connectivity index (χ4v) is 7.46. The molecule has 0 fully saturated rings. The van der Waals surface area contributed by atoms with Crippen LogP contribution in [0.2, 0.25) is 0 Å². The highest BCUT2D eigenvalue weighted by atomic mass is 16.7. The van der Waals surface area contributed by atoms with E-state index in [1.807, 2.05) is 24.3 Å². The summed E-state index contributed by atoms with van der Waals surface area (Å²) in [6.07, 6.45) is 3.11. The van der Waals surface area contributed by atoms with Gasteiger partial charge in [-0.15, -0.1) is 0 Å². The van der Waals surface area contributed by atoms with Crippen molar-refractivity contribution in [2.24, 2.45) is 11.8 Å². The number of aromatic hydroxyl groups is 2. The number of hydrogen-bond donors (Lipinski definition) is 2. The maximum absolute atomic E-state index is 10.3. The number of ether oxygens (including phenoxy) is 6. The Balaban J connectivity index is 1.43. The summed E-state index contributed by atoms with van der Waals surface area (Å²) in [5, 5.41) is 20.3. The third-order valence-corrected chi connectivity index (χ3v) is 9.99. The van der Waals surface area contributed by atoms with Crippen LogP contribution in [0.4, 0.5) is 0 Å². The van der Waals surface area contributed by atoms with E-state index in [1.165, 1.54) is 11.6 Å². The van der Waals surface area contributed by atoms with Crippen molar-refractivity contribution in [2.45, 2.75) is 64.3 Å². The second-order valence-corrected chi connectivity index (χ2v) is 13.2. The Morgan fingerprint density at radius 2 is 1.60 bits per heavy atom. The number of rotatable bonds is 8. The van der Waals surface area contributed by atoms with Crippen molar-refractivity contribution in [1.29, 1.82) is 0 Å². The minimum Gasteiger partial charge on any atom is -0.504 e. The lowest BCUT2D eigenvalue weighted by atomic mass is 9.69. The normalized spacial score (nSPS) is 22.1. The quantitative estimate of drug-likeness (QED) is 0.187. The van der Waals surface area contributed by atoms with E-state index in [4.69, 9.17) is 28.4 Å². The molecule has 7 rings (SSSR count). The van der Waals surface area contributed by atoms with Gasteiger partial charge < -0.3 is 38.6 Å². The van der Waals surface area contributed by atoms with Gasteiger partial charge in [-0.1, -0.05) is 39.0 Å². The van der Waals surface area contributed by atoms with Gasteiger partial charge in [0.15, 0.2) is 23.0 Å². The highest BCUT2D eigenvalue weighted by Crippen LogP contribution is 2.63. The molecule has 8 heteroatoms. The fraction of sp³-hybridized carbons (Fsp3) is 0.385. The summed E-state index contributed by atoms with van der Waals surface area (Å²) in [7, 11) is 4.90. The molecular formula is C39H42O8. The van der Waals surface area contributed by atoms with Gasteiger partial charge in [-0.05, 0) is 79.1 Å². The zero-order chi connectivity index (χ0) is 33.0. The third kappa shape index (κ3) is 5.05. The van der Waals surface area contributed by atoms with Crippen molar-refractivity contribution >= 4 is 0 Å². The van der Waals surface area contributed by atoms with Crippen LogP contribution in [0.3, 0.4) is 0 Å². The van der Waals surface area contributed by atoms with Crippen molar-refractivity contribution in [2.75, 3.05) is 21.3 Å². The second-order valence-electron chi connectivity index (χ2n) is 13.2. The molecule has 4 aromatic carbocycles. The van der Waals surface area contributed by atoms with Gasteiger partial charge in [-0.3, -0.25) is 0 Å². The first-order chi connectivity index (χ1) is 22.7. The molecule has 4 unspecified atom stereocenters. The lowest BCUT2D eigenvalue weighted by Gasteiger charge is -2.51. The molecule has 0 aliphatic carbocycles. The largest absolute Gasteiger partial charge is 0.504 e. The highest BCUT2D eigenvalue weighted by Gasteiger charge is 2.57. The smallest absolute Gasteiger partial charge is 0.281 e. The molecule has 3 aliphatic rings. The predicted octanol–water partition coefficient (Wildman–Crippen LogP) is 8.18. The van der Waals surface area contributed by atoms with Crippen LogP contribution in [-0.2, 0) is 18.6 Å². The average Bonchev–Trinajstić information content (AvgIpc) is 3.07. The first-order valence-corrected chi connectivity index (χ1v) is 16.3.